The van der Waals surface area contributed by atoms with Crippen LogP contribution in [0.3, 0.4) is 0 Å². The molecule has 0 heterocycles. The van der Waals surface area contributed by atoms with Gasteiger partial charge in [-0.25, -0.2) is 30.0 Å². The summed E-state index contributed by atoms with van der Waals surface area (Å²) in [6.07, 6.45) is 6.75. The van der Waals surface area contributed by atoms with Gasteiger partial charge in [-0.2, -0.15) is 0 Å². The fourth-order valence-corrected chi connectivity index (χ4v) is 9.00. The van der Waals surface area contributed by atoms with E-state index in [9.17, 15) is 40.2 Å². The number of halogens is 3. The first-order valence-corrected chi connectivity index (χ1v) is 20.6. The Labute approximate surface area is 331 Å². The highest BCUT2D eigenvalue weighted by molar-refractivity contribution is 7.91. The van der Waals surface area contributed by atoms with Gasteiger partial charge < -0.3 is 10.2 Å². The third-order valence-corrected chi connectivity index (χ3v) is 12.5. The summed E-state index contributed by atoms with van der Waals surface area (Å²) in [6, 6.07) is 34.8. The Kier molecular flexibility index (Phi) is 12.9. The number of hydrogen-bond donors (Lipinski definition) is 2. The zero-order chi connectivity index (χ0) is 41.6. The van der Waals surface area contributed by atoms with Crippen molar-refractivity contribution in [3.63, 3.8) is 0 Å². The Hall–Kier alpha value is -5.59. The van der Waals surface area contributed by atoms with Crippen molar-refractivity contribution in [1.82, 2.24) is 0 Å². The topological polar surface area (TPSA) is 109 Å². The molecule has 6 nitrogen and oxygen atoms in total. The third kappa shape index (κ3) is 10.6. The van der Waals surface area contributed by atoms with Crippen LogP contribution in [0.1, 0.15) is 61.1 Å². The van der Waals surface area contributed by atoms with E-state index in [1.807, 2.05) is 12.2 Å². The van der Waals surface area contributed by atoms with E-state index >= 15 is 0 Å². The molecular formula is C46H41F3O6S2. The van der Waals surface area contributed by atoms with Crippen LogP contribution in [0.4, 0.5) is 13.2 Å². The Bertz CT molecular complexity index is 2620. The van der Waals surface area contributed by atoms with Gasteiger partial charge in [-0.1, -0.05) is 97.1 Å². The quantitative estimate of drug-likeness (QED) is 0.133. The van der Waals surface area contributed by atoms with E-state index in [1.165, 1.54) is 68.5 Å². The van der Waals surface area contributed by atoms with Gasteiger partial charge >= 0.3 is 0 Å². The van der Waals surface area contributed by atoms with Gasteiger partial charge in [0.15, 0.2) is 0 Å². The first kappa shape index (κ1) is 42.6. The lowest BCUT2D eigenvalue weighted by atomic mass is 9.99. The zero-order valence-corrected chi connectivity index (χ0v) is 33.2. The predicted octanol–water partition coefficient (Wildman–Crippen LogP) is 10.3. The molecule has 0 atom stereocenters. The second-order valence-corrected chi connectivity index (χ2v) is 18.0. The molecule has 0 aliphatic heterocycles. The van der Waals surface area contributed by atoms with Gasteiger partial charge in [0.25, 0.3) is 0 Å². The number of rotatable bonds is 10. The van der Waals surface area contributed by atoms with Crippen molar-refractivity contribution in [2.24, 2.45) is 0 Å². The fourth-order valence-electron chi connectivity index (χ4n) is 5.77. The summed E-state index contributed by atoms with van der Waals surface area (Å²) < 4.78 is 91.9. The molecule has 2 N–H and O–H groups in total. The second-order valence-electron chi connectivity index (χ2n) is 14.1. The Morgan fingerprint density at radius 1 is 0.456 bits per heavy atom. The predicted molar refractivity (Wildman–Crippen MR) is 218 cm³/mol. The molecule has 0 aliphatic rings. The van der Waals surface area contributed by atoms with Gasteiger partial charge in [0.1, 0.15) is 17.5 Å². The molecule has 0 radical (unpaired) electrons. The monoisotopic (exact) mass is 810 g/mol. The van der Waals surface area contributed by atoms with Crippen molar-refractivity contribution in [1.29, 1.82) is 0 Å². The first-order valence-electron chi connectivity index (χ1n) is 17.7. The Morgan fingerprint density at radius 2 is 0.807 bits per heavy atom. The number of sulfone groups is 2. The SMILES string of the molecule is CC(C)(O)c1ccccc1S(=O)(=O)c1ccc(/C=C/c2ccc(F)cc2)cc1.CC(C)(O)c1ccccc1S(=O)(=O)c1ccc(/C=C/c2ccc(F)cc2F)cc1. The van der Waals surface area contributed by atoms with E-state index in [4.69, 9.17) is 0 Å². The maximum absolute atomic E-state index is 13.7. The van der Waals surface area contributed by atoms with Crippen LogP contribution in [-0.2, 0) is 30.9 Å². The summed E-state index contributed by atoms with van der Waals surface area (Å²) >= 11 is 0. The van der Waals surface area contributed by atoms with Crippen molar-refractivity contribution in [3.05, 3.63) is 190 Å². The van der Waals surface area contributed by atoms with Crippen molar-refractivity contribution in [2.75, 3.05) is 0 Å². The molecule has 294 valence electrons. The van der Waals surface area contributed by atoms with Crippen LogP contribution in [-0.4, -0.2) is 27.0 Å². The average Bonchev–Trinajstić information content (AvgIpc) is 3.17. The first-order chi connectivity index (χ1) is 26.8. The molecule has 6 aromatic rings. The highest BCUT2D eigenvalue weighted by atomic mass is 32.2. The van der Waals surface area contributed by atoms with Gasteiger partial charge in [0, 0.05) is 22.8 Å². The molecule has 0 aromatic heterocycles. The van der Waals surface area contributed by atoms with Gasteiger partial charge in [-0.15, -0.1) is 0 Å². The highest BCUT2D eigenvalue weighted by Gasteiger charge is 2.29. The van der Waals surface area contributed by atoms with E-state index in [0.29, 0.717) is 16.7 Å². The largest absolute Gasteiger partial charge is 0.386 e. The van der Waals surface area contributed by atoms with E-state index in [0.717, 1.165) is 17.2 Å². The van der Waals surface area contributed by atoms with E-state index < -0.39 is 42.5 Å². The van der Waals surface area contributed by atoms with Gasteiger partial charge in [0.2, 0.25) is 19.7 Å². The lowest BCUT2D eigenvalue weighted by Crippen LogP contribution is -2.20. The van der Waals surface area contributed by atoms with Crippen molar-refractivity contribution < 1.29 is 40.2 Å². The lowest BCUT2D eigenvalue weighted by Gasteiger charge is -2.21. The maximum atomic E-state index is 13.7. The molecule has 0 unspecified atom stereocenters. The summed E-state index contributed by atoms with van der Waals surface area (Å²) in [5.74, 6) is -1.62. The van der Waals surface area contributed by atoms with Crippen LogP contribution < -0.4 is 0 Å². The molecule has 6 aromatic carbocycles. The van der Waals surface area contributed by atoms with Crippen LogP contribution in [0.15, 0.2) is 159 Å². The minimum absolute atomic E-state index is 0.0455. The molecular weight excluding hydrogens is 770 g/mol. The summed E-state index contributed by atoms with van der Waals surface area (Å²) in [4.78, 5) is 0.378. The number of hydrogen-bond acceptors (Lipinski definition) is 6. The number of aliphatic hydroxyl groups is 2. The van der Waals surface area contributed by atoms with Crippen LogP contribution in [0.5, 0.6) is 0 Å². The summed E-state index contributed by atoms with van der Waals surface area (Å²) in [6.45, 7) is 6.18. The van der Waals surface area contributed by atoms with E-state index in [1.54, 1.807) is 105 Å². The van der Waals surface area contributed by atoms with Crippen molar-refractivity contribution >= 4 is 44.0 Å². The van der Waals surface area contributed by atoms with Crippen LogP contribution in [0.25, 0.3) is 24.3 Å². The summed E-state index contributed by atoms with van der Waals surface area (Å²) in [7, 11) is -7.60. The Morgan fingerprint density at radius 3 is 1.19 bits per heavy atom. The molecule has 0 amide bonds. The summed E-state index contributed by atoms with van der Waals surface area (Å²) in [5.41, 5.74) is 0.625. The smallest absolute Gasteiger partial charge is 0.206 e. The standard InChI is InChI=1S/C23H20F2O3S.C23H21FO3S/c1-23(2,26)20-5-3-4-6-22(20)29(27,28)19-13-8-16(9-14-19)7-10-17-11-12-18(24)15-21(17)25;1-23(2,25)21-5-3-4-6-22(21)28(26,27)20-15-11-18(12-16-20)8-7-17-9-13-19(24)14-10-17/h3-15,26H,1-2H3;3-16,25H,1-2H3/b10-7+;8-7+. The van der Waals surface area contributed by atoms with E-state index in [2.05, 4.69) is 0 Å². The molecule has 0 bridgehead atoms. The minimum atomic E-state index is -3.83. The zero-order valence-electron chi connectivity index (χ0n) is 31.6. The third-order valence-electron chi connectivity index (χ3n) is 8.81. The normalized spacial score (nSPS) is 12.4. The van der Waals surface area contributed by atoms with Crippen molar-refractivity contribution in [2.45, 2.75) is 58.5 Å². The summed E-state index contributed by atoms with van der Waals surface area (Å²) in [5, 5.41) is 20.6. The molecule has 0 saturated carbocycles. The fraction of sp³-hybridized carbons (Fsp3) is 0.130. The lowest BCUT2D eigenvalue weighted by molar-refractivity contribution is 0.0750. The molecule has 57 heavy (non-hydrogen) atoms. The van der Waals surface area contributed by atoms with E-state index in [-0.39, 0.29) is 31.0 Å². The average molecular weight is 811 g/mol. The van der Waals surface area contributed by atoms with Gasteiger partial charge in [-0.3, -0.25) is 0 Å². The molecule has 6 rings (SSSR count). The van der Waals surface area contributed by atoms with Gasteiger partial charge in [-0.05, 0) is 105 Å². The van der Waals surface area contributed by atoms with Crippen molar-refractivity contribution in [3.8, 4) is 0 Å². The van der Waals surface area contributed by atoms with Crippen LogP contribution in [0.2, 0.25) is 0 Å². The Balaban J connectivity index is 0.000000218. The minimum Gasteiger partial charge on any atom is -0.386 e. The van der Waals surface area contributed by atoms with Gasteiger partial charge in [0.05, 0.1) is 30.8 Å². The van der Waals surface area contributed by atoms with Crippen LogP contribution >= 0.6 is 0 Å². The molecule has 0 aliphatic carbocycles. The number of benzene rings is 6. The highest BCUT2D eigenvalue weighted by Crippen LogP contribution is 2.33. The van der Waals surface area contributed by atoms with Crippen LogP contribution in [0, 0.1) is 17.5 Å². The maximum Gasteiger partial charge on any atom is 0.206 e. The molecule has 11 heteroatoms. The second kappa shape index (κ2) is 17.3. The molecule has 0 fully saturated rings. The molecule has 0 spiro atoms. The molecule has 0 saturated heterocycles.